The molecular weight excluding hydrogens is 423 g/mol. The summed E-state index contributed by atoms with van der Waals surface area (Å²) in [6, 6.07) is 14.0. The van der Waals surface area contributed by atoms with E-state index in [2.05, 4.69) is 10.3 Å². The number of aryl methyl sites for hydroxylation is 2. The third kappa shape index (κ3) is 6.04. The molecule has 2 aromatic carbocycles. The first kappa shape index (κ1) is 22.7. The predicted molar refractivity (Wildman–Crippen MR) is 123 cm³/mol. The maximum atomic E-state index is 13.9. The van der Waals surface area contributed by atoms with Crippen LogP contribution < -0.4 is 5.32 Å². The molecule has 172 valence electrons. The van der Waals surface area contributed by atoms with Crippen molar-refractivity contribution in [2.75, 3.05) is 38.0 Å². The second kappa shape index (κ2) is 10.4. The zero-order valence-electron chi connectivity index (χ0n) is 18.6. The van der Waals surface area contributed by atoms with Gasteiger partial charge in [-0.3, -0.25) is 14.5 Å². The van der Waals surface area contributed by atoms with Crippen molar-refractivity contribution < 1.29 is 18.4 Å². The number of aromatic nitrogens is 1. The summed E-state index contributed by atoms with van der Waals surface area (Å²) >= 11 is 0. The van der Waals surface area contributed by atoms with E-state index in [1.807, 2.05) is 36.1 Å². The number of benzene rings is 2. The van der Waals surface area contributed by atoms with E-state index in [0.717, 1.165) is 11.3 Å². The van der Waals surface area contributed by atoms with Crippen LogP contribution >= 0.6 is 0 Å². The lowest BCUT2D eigenvalue weighted by atomic mass is 10.2. The Morgan fingerprint density at radius 2 is 1.79 bits per heavy atom. The highest BCUT2D eigenvalue weighted by Crippen LogP contribution is 2.23. The monoisotopic (exact) mass is 450 g/mol. The molecule has 0 aliphatic carbocycles. The summed E-state index contributed by atoms with van der Waals surface area (Å²) in [6.07, 6.45) is 2.11. The van der Waals surface area contributed by atoms with Crippen LogP contribution in [0.3, 0.4) is 0 Å². The summed E-state index contributed by atoms with van der Waals surface area (Å²) in [4.78, 5) is 32.9. The van der Waals surface area contributed by atoms with Crippen LogP contribution in [0.2, 0.25) is 0 Å². The van der Waals surface area contributed by atoms with Gasteiger partial charge < -0.3 is 14.6 Å². The molecule has 0 saturated carbocycles. The van der Waals surface area contributed by atoms with Gasteiger partial charge in [0.15, 0.2) is 11.7 Å². The third-order valence-corrected chi connectivity index (χ3v) is 5.67. The van der Waals surface area contributed by atoms with Gasteiger partial charge in [-0.1, -0.05) is 29.8 Å². The Kier molecular flexibility index (Phi) is 7.14. The molecule has 1 aliphatic rings. The zero-order valence-corrected chi connectivity index (χ0v) is 18.6. The van der Waals surface area contributed by atoms with Gasteiger partial charge in [-0.15, -0.1) is 0 Å². The lowest BCUT2D eigenvalue weighted by Gasteiger charge is -2.34. The number of halogens is 1. The molecule has 33 heavy (non-hydrogen) atoms. The van der Waals surface area contributed by atoms with Gasteiger partial charge in [0.2, 0.25) is 11.8 Å². The average molecular weight is 451 g/mol. The van der Waals surface area contributed by atoms with E-state index in [-0.39, 0.29) is 24.1 Å². The van der Waals surface area contributed by atoms with Crippen molar-refractivity contribution >= 4 is 17.5 Å². The van der Waals surface area contributed by atoms with Crippen molar-refractivity contribution in [1.82, 2.24) is 14.8 Å². The van der Waals surface area contributed by atoms with Crippen LogP contribution in [0.5, 0.6) is 0 Å². The minimum Gasteiger partial charge on any atom is -0.441 e. The molecule has 4 rings (SSSR count). The average Bonchev–Trinajstić information content (AvgIpc) is 3.28. The van der Waals surface area contributed by atoms with E-state index in [1.54, 1.807) is 23.1 Å². The number of anilines is 1. The SMILES string of the molecule is Cc1ccc(NC(=O)CN2CCN(C(=O)CCc3ncc(-c4ccccc4F)o3)CC2)cc1. The molecule has 0 bridgehead atoms. The maximum absolute atomic E-state index is 13.9. The molecule has 1 aliphatic heterocycles. The summed E-state index contributed by atoms with van der Waals surface area (Å²) in [7, 11) is 0. The topological polar surface area (TPSA) is 78.7 Å². The lowest BCUT2D eigenvalue weighted by Crippen LogP contribution is -2.50. The fourth-order valence-electron chi connectivity index (χ4n) is 3.78. The van der Waals surface area contributed by atoms with Gasteiger partial charge in [-0.25, -0.2) is 9.37 Å². The van der Waals surface area contributed by atoms with Gasteiger partial charge in [0.25, 0.3) is 0 Å². The number of hydrogen-bond donors (Lipinski definition) is 1. The minimum atomic E-state index is -0.373. The number of oxazole rings is 1. The maximum Gasteiger partial charge on any atom is 0.238 e. The van der Waals surface area contributed by atoms with Gasteiger partial charge in [-0.2, -0.15) is 0 Å². The van der Waals surface area contributed by atoms with Crippen LogP contribution in [0.1, 0.15) is 17.9 Å². The van der Waals surface area contributed by atoms with Crippen LogP contribution in [-0.2, 0) is 16.0 Å². The molecular formula is C25H27FN4O3. The standard InChI is InChI=1S/C25H27FN4O3/c1-18-6-8-19(9-7-18)28-23(31)17-29-12-14-30(15-13-29)25(32)11-10-24-27-16-22(33-24)20-4-2-3-5-21(20)26/h2-9,16H,10-15,17H2,1H3,(H,28,31). The normalized spacial score (nSPS) is 14.3. The molecule has 1 aromatic heterocycles. The Labute approximate surface area is 192 Å². The van der Waals surface area contributed by atoms with E-state index in [9.17, 15) is 14.0 Å². The predicted octanol–water partition coefficient (Wildman–Crippen LogP) is 3.50. The van der Waals surface area contributed by atoms with Crippen LogP contribution in [0.15, 0.2) is 59.1 Å². The van der Waals surface area contributed by atoms with Gasteiger partial charge in [0, 0.05) is 44.7 Å². The quantitative estimate of drug-likeness (QED) is 0.596. The summed E-state index contributed by atoms with van der Waals surface area (Å²) in [5, 5.41) is 2.90. The molecule has 0 unspecified atom stereocenters. The number of amides is 2. The summed E-state index contributed by atoms with van der Waals surface area (Å²) < 4.78 is 19.5. The molecule has 1 fully saturated rings. The number of carbonyl (C=O) groups excluding carboxylic acids is 2. The highest BCUT2D eigenvalue weighted by molar-refractivity contribution is 5.92. The fourth-order valence-corrected chi connectivity index (χ4v) is 3.78. The second-order valence-corrected chi connectivity index (χ2v) is 8.17. The molecule has 1 N–H and O–H groups in total. The van der Waals surface area contributed by atoms with Crippen molar-refractivity contribution in [3.05, 3.63) is 72.0 Å². The van der Waals surface area contributed by atoms with Gasteiger partial charge in [0.05, 0.1) is 18.3 Å². The first-order valence-corrected chi connectivity index (χ1v) is 11.0. The van der Waals surface area contributed by atoms with Crippen LogP contribution in [0, 0.1) is 12.7 Å². The first-order valence-electron chi connectivity index (χ1n) is 11.0. The van der Waals surface area contributed by atoms with Crippen LogP contribution in [-0.4, -0.2) is 59.3 Å². The first-order chi connectivity index (χ1) is 16.0. The van der Waals surface area contributed by atoms with Gasteiger partial charge >= 0.3 is 0 Å². The molecule has 2 amide bonds. The summed E-state index contributed by atoms with van der Waals surface area (Å²) in [5.74, 6) is 0.348. The third-order valence-electron chi connectivity index (χ3n) is 5.67. The van der Waals surface area contributed by atoms with E-state index < -0.39 is 0 Å². The molecule has 2 heterocycles. The summed E-state index contributed by atoms with van der Waals surface area (Å²) in [6.45, 7) is 4.73. The molecule has 3 aromatic rings. The zero-order chi connectivity index (χ0) is 23.2. The van der Waals surface area contributed by atoms with Crippen molar-refractivity contribution in [2.45, 2.75) is 19.8 Å². The Hall–Kier alpha value is -3.52. The Bertz CT molecular complexity index is 1100. The number of nitrogens with zero attached hydrogens (tertiary/aromatic N) is 3. The molecule has 0 spiro atoms. The Balaban J connectivity index is 1.20. The number of hydrogen-bond acceptors (Lipinski definition) is 5. The molecule has 8 heteroatoms. The van der Waals surface area contributed by atoms with Gasteiger partial charge in [-0.05, 0) is 31.2 Å². The molecule has 1 saturated heterocycles. The van der Waals surface area contributed by atoms with E-state index in [0.29, 0.717) is 56.4 Å². The molecule has 7 nitrogen and oxygen atoms in total. The number of nitrogens with one attached hydrogen (secondary N) is 1. The van der Waals surface area contributed by atoms with Crippen LogP contribution in [0.4, 0.5) is 10.1 Å². The van der Waals surface area contributed by atoms with Crippen molar-refractivity contribution in [3.8, 4) is 11.3 Å². The van der Waals surface area contributed by atoms with E-state index in [1.165, 1.54) is 12.3 Å². The van der Waals surface area contributed by atoms with Gasteiger partial charge in [0.1, 0.15) is 5.82 Å². The smallest absolute Gasteiger partial charge is 0.238 e. The van der Waals surface area contributed by atoms with Crippen molar-refractivity contribution in [1.29, 1.82) is 0 Å². The summed E-state index contributed by atoms with van der Waals surface area (Å²) in [5.41, 5.74) is 2.27. The highest BCUT2D eigenvalue weighted by Gasteiger charge is 2.23. The Morgan fingerprint density at radius 1 is 1.06 bits per heavy atom. The number of rotatable bonds is 7. The van der Waals surface area contributed by atoms with Crippen molar-refractivity contribution in [3.63, 3.8) is 0 Å². The van der Waals surface area contributed by atoms with Crippen LogP contribution in [0.25, 0.3) is 11.3 Å². The lowest BCUT2D eigenvalue weighted by molar-refractivity contribution is -0.133. The number of piperazine rings is 1. The highest BCUT2D eigenvalue weighted by atomic mass is 19.1. The van der Waals surface area contributed by atoms with E-state index >= 15 is 0 Å². The second-order valence-electron chi connectivity index (χ2n) is 8.17. The largest absolute Gasteiger partial charge is 0.441 e. The Morgan fingerprint density at radius 3 is 2.52 bits per heavy atom. The number of carbonyl (C=O) groups is 2. The van der Waals surface area contributed by atoms with Crippen molar-refractivity contribution in [2.24, 2.45) is 0 Å². The fraction of sp³-hybridized carbons (Fsp3) is 0.320. The molecule has 0 radical (unpaired) electrons. The molecule has 0 atom stereocenters. The minimum absolute atomic E-state index is 0.0180. The van der Waals surface area contributed by atoms with E-state index in [4.69, 9.17) is 4.42 Å².